The number of piperidine rings is 1. The van der Waals surface area contributed by atoms with E-state index in [9.17, 15) is 9.50 Å². The second-order valence-electron chi connectivity index (χ2n) is 5.80. The van der Waals surface area contributed by atoms with E-state index in [1.54, 1.807) is 6.20 Å². The van der Waals surface area contributed by atoms with Gasteiger partial charge in [0.05, 0.1) is 0 Å². The van der Waals surface area contributed by atoms with Crippen molar-refractivity contribution in [3.8, 4) is 0 Å². The summed E-state index contributed by atoms with van der Waals surface area (Å²) in [5.41, 5.74) is 0.260. The Morgan fingerprint density at radius 3 is 2.48 bits per heavy atom. The predicted molar refractivity (Wildman–Crippen MR) is 78.0 cm³/mol. The van der Waals surface area contributed by atoms with Gasteiger partial charge in [0, 0.05) is 39.1 Å². The first-order chi connectivity index (χ1) is 10.1. The van der Waals surface area contributed by atoms with E-state index in [-0.39, 0.29) is 5.82 Å². The number of nitrogens with zero attached hydrogens (tertiary/aromatic N) is 3. The normalized spacial score (nSPS) is 18.8. The van der Waals surface area contributed by atoms with Crippen LogP contribution in [-0.4, -0.2) is 32.6 Å². The van der Waals surface area contributed by atoms with Crippen LogP contribution in [0.5, 0.6) is 0 Å². The number of aromatic nitrogens is 2. The second-order valence-corrected chi connectivity index (χ2v) is 5.80. The van der Waals surface area contributed by atoms with Gasteiger partial charge in [-0.05, 0) is 30.5 Å². The third-order valence-corrected chi connectivity index (χ3v) is 4.24. The number of aryl methyl sites for hydroxylation is 1. The topological polar surface area (TPSA) is 41.3 Å². The van der Waals surface area contributed by atoms with Gasteiger partial charge >= 0.3 is 0 Å². The number of hydrogen-bond donors (Lipinski definition) is 1. The highest BCUT2D eigenvalue weighted by Crippen LogP contribution is 2.31. The molecule has 1 saturated heterocycles. The zero-order chi connectivity index (χ0) is 14.9. The summed E-state index contributed by atoms with van der Waals surface area (Å²) in [6.45, 7) is 2.40. The molecule has 0 unspecified atom stereocenters. The highest BCUT2D eigenvalue weighted by Gasteiger charge is 2.36. The van der Waals surface area contributed by atoms with Crippen molar-refractivity contribution in [1.82, 2.24) is 14.5 Å². The van der Waals surface area contributed by atoms with Gasteiger partial charge in [-0.25, -0.2) is 9.37 Å². The summed E-state index contributed by atoms with van der Waals surface area (Å²) >= 11 is 0. The lowest BCUT2D eigenvalue weighted by molar-refractivity contribution is -0.0365. The number of imidazole rings is 1. The van der Waals surface area contributed by atoms with Crippen molar-refractivity contribution in [2.24, 2.45) is 7.05 Å². The van der Waals surface area contributed by atoms with E-state index in [0.29, 0.717) is 12.8 Å². The maximum absolute atomic E-state index is 12.9. The summed E-state index contributed by atoms with van der Waals surface area (Å²) in [6.07, 6.45) is 4.91. The fourth-order valence-electron chi connectivity index (χ4n) is 2.97. The molecule has 0 atom stereocenters. The molecule has 21 heavy (non-hydrogen) atoms. The maximum Gasteiger partial charge on any atom is 0.140 e. The lowest BCUT2D eigenvalue weighted by Gasteiger charge is -2.37. The van der Waals surface area contributed by atoms with E-state index in [2.05, 4.69) is 9.88 Å². The Bertz CT molecular complexity index is 600. The van der Waals surface area contributed by atoms with Crippen molar-refractivity contribution in [1.29, 1.82) is 0 Å². The Morgan fingerprint density at radius 2 is 1.90 bits per heavy atom. The quantitative estimate of drug-likeness (QED) is 0.940. The largest absolute Gasteiger partial charge is 0.382 e. The molecular formula is C16H20FN3O. The number of hydrogen-bond acceptors (Lipinski definition) is 3. The molecule has 2 aromatic rings. The molecule has 1 fully saturated rings. The minimum atomic E-state index is -0.836. The van der Waals surface area contributed by atoms with Crippen LogP contribution < -0.4 is 0 Å². The van der Waals surface area contributed by atoms with Gasteiger partial charge in [0.2, 0.25) is 0 Å². The molecule has 0 amide bonds. The van der Waals surface area contributed by atoms with Gasteiger partial charge in [0.25, 0.3) is 0 Å². The number of aliphatic hydroxyl groups is 1. The van der Waals surface area contributed by atoms with E-state index in [1.165, 1.54) is 12.1 Å². The molecule has 1 aromatic heterocycles. The van der Waals surface area contributed by atoms with Crippen molar-refractivity contribution < 1.29 is 9.50 Å². The summed E-state index contributed by atoms with van der Waals surface area (Å²) < 4.78 is 14.8. The van der Waals surface area contributed by atoms with Gasteiger partial charge in [-0.1, -0.05) is 12.1 Å². The molecular weight excluding hydrogens is 269 g/mol. The Hall–Kier alpha value is -1.72. The summed E-state index contributed by atoms with van der Waals surface area (Å²) in [5.74, 6) is 0.533. The van der Waals surface area contributed by atoms with Crippen molar-refractivity contribution in [2.45, 2.75) is 25.0 Å². The van der Waals surface area contributed by atoms with Gasteiger partial charge in [0.1, 0.15) is 17.2 Å². The molecule has 0 radical (unpaired) electrons. The van der Waals surface area contributed by atoms with E-state index < -0.39 is 5.60 Å². The van der Waals surface area contributed by atoms with Gasteiger partial charge in [-0.3, -0.25) is 4.90 Å². The second kappa shape index (κ2) is 5.58. The van der Waals surface area contributed by atoms with Crippen LogP contribution >= 0.6 is 0 Å². The fraction of sp³-hybridized carbons (Fsp3) is 0.438. The molecule has 0 aliphatic carbocycles. The highest BCUT2D eigenvalue weighted by molar-refractivity contribution is 5.16. The Kier molecular flexibility index (Phi) is 3.78. The standard InChI is InChI=1S/C16H20FN3O/c1-19-11-8-18-15(19)16(21)6-9-20(10-7-16)12-13-2-4-14(17)5-3-13/h2-5,8,11,21H,6-7,9-10,12H2,1H3. The maximum atomic E-state index is 12.9. The molecule has 0 saturated carbocycles. The number of halogens is 1. The van der Waals surface area contributed by atoms with Gasteiger partial charge < -0.3 is 9.67 Å². The van der Waals surface area contributed by atoms with Crippen LogP contribution in [0, 0.1) is 5.82 Å². The number of likely N-dealkylation sites (tertiary alicyclic amines) is 1. The third kappa shape index (κ3) is 2.99. The Morgan fingerprint density at radius 1 is 1.24 bits per heavy atom. The molecule has 112 valence electrons. The lowest BCUT2D eigenvalue weighted by atomic mass is 9.90. The number of benzene rings is 1. The minimum Gasteiger partial charge on any atom is -0.382 e. The zero-order valence-electron chi connectivity index (χ0n) is 12.2. The van der Waals surface area contributed by atoms with Gasteiger partial charge in [0.15, 0.2) is 0 Å². The summed E-state index contributed by atoms with van der Waals surface area (Å²) in [5, 5.41) is 10.8. The Labute approximate surface area is 123 Å². The van der Waals surface area contributed by atoms with Crippen LogP contribution in [0.4, 0.5) is 4.39 Å². The first-order valence-electron chi connectivity index (χ1n) is 7.24. The average Bonchev–Trinajstić information content (AvgIpc) is 2.91. The van der Waals surface area contributed by atoms with E-state index >= 15 is 0 Å². The number of rotatable bonds is 3. The first-order valence-corrected chi connectivity index (χ1v) is 7.24. The SMILES string of the molecule is Cn1ccnc1C1(O)CCN(Cc2ccc(F)cc2)CC1. The van der Waals surface area contributed by atoms with Crippen LogP contribution in [0.15, 0.2) is 36.7 Å². The summed E-state index contributed by atoms with van der Waals surface area (Å²) in [7, 11) is 1.91. The van der Waals surface area contributed by atoms with Crippen LogP contribution in [0.3, 0.4) is 0 Å². The molecule has 1 N–H and O–H groups in total. The van der Waals surface area contributed by atoms with Crippen LogP contribution in [0.25, 0.3) is 0 Å². The highest BCUT2D eigenvalue weighted by atomic mass is 19.1. The van der Waals surface area contributed by atoms with Crippen LogP contribution in [0.1, 0.15) is 24.2 Å². The average molecular weight is 289 g/mol. The predicted octanol–water partition coefficient (Wildman–Crippen LogP) is 2.04. The zero-order valence-corrected chi connectivity index (χ0v) is 12.2. The molecule has 1 aliphatic rings. The van der Waals surface area contributed by atoms with E-state index in [4.69, 9.17) is 0 Å². The Balaban J connectivity index is 1.62. The monoisotopic (exact) mass is 289 g/mol. The summed E-state index contributed by atoms with van der Waals surface area (Å²) in [4.78, 5) is 6.57. The van der Waals surface area contributed by atoms with Crippen molar-refractivity contribution in [2.75, 3.05) is 13.1 Å². The molecule has 4 nitrogen and oxygen atoms in total. The minimum absolute atomic E-state index is 0.207. The lowest BCUT2D eigenvalue weighted by Crippen LogP contribution is -2.43. The smallest absolute Gasteiger partial charge is 0.140 e. The first kappa shape index (κ1) is 14.2. The van der Waals surface area contributed by atoms with E-state index in [0.717, 1.165) is 31.0 Å². The van der Waals surface area contributed by atoms with Gasteiger partial charge in [-0.15, -0.1) is 0 Å². The van der Waals surface area contributed by atoms with Crippen LogP contribution in [0.2, 0.25) is 0 Å². The molecule has 5 heteroatoms. The fourth-order valence-corrected chi connectivity index (χ4v) is 2.97. The van der Waals surface area contributed by atoms with Crippen molar-refractivity contribution in [3.63, 3.8) is 0 Å². The van der Waals surface area contributed by atoms with Crippen molar-refractivity contribution in [3.05, 3.63) is 53.9 Å². The molecule has 2 heterocycles. The molecule has 0 spiro atoms. The molecule has 1 aliphatic heterocycles. The molecule has 1 aromatic carbocycles. The van der Waals surface area contributed by atoms with Gasteiger partial charge in [-0.2, -0.15) is 0 Å². The molecule has 0 bridgehead atoms. The molecule has 3 rings (SSSR count). The van der Waals surface area contributed by atoms with E-state index in [1.807, 2.05) is 29.9 Å². The summed E-state index contributed by atoms with van der Waals surface area (Å²) in [6, 6.07) is 6.61. The van der Waals surface area contributed by atoms with Crippen molar-refractivity contribution >= 4 is 0 Å². The van der Waals surface area contributed by atoms with Crippen LogP contribution in [-0.2, 0) is 19.2 Å². The third-order valence-electron chi connectivity index (χ3n) is 4.24.